The highest BCUT2D eigenvalue weighted by molar-refractivity contribution is 5.78. The Labute approximate surface area is 157 Å². The van der Waals surface area contributed by atoms with Crippen molar-refractivity contribution < 1.29 is 14.3 Å². The fourth-order valence-corrected chi connectivity index (χ4v) is 3.35. The molecule has 3 rings (SSSR count). The number of hydrogen-bond acceptors (Lipinski definition) is 6. The molecule has 1 aromatic carbocycles. The topological polar surface area (TPSA) is 102 Å². The molecule has 2 heterocycles. The van der Waals surface area contributed by atoms with Crippen LogP contribution in [0.2, 0.25) is 0 Å². The zero-order valence-corrected chi connectivity index (χ0v) is 15.7. The maximum atomic E-state index is 12.6. The molecule has 2 atom stereocenters. The number of likely N-dealkylation sites (tertiary alicyclic amines) is 1. The first-order valence-electron chi connectivity index (χ1n) is 8.95. The largest absolute Gasteiger partial charge is 0.484 e. The SMILES string of the molecule is CC(=O)N[C@@H]1CN(C(=O)COc2cccc(-n3cnnn3)c2)C[C@H]1C(C)C. The van der Waals surface area contributed by atoms with E-state index in [0.29, 0.717) is 24.8 Å². The molecule has 0 saturated carbocycles. The average Bonchev–Trinajstić information content (AvgIpc) is 3.29. The van der Waals surface area contributed by atoms with Crippen molar-refractivity contribution in [2.45, 2.75) is 26.8 Å². The van der Waals surface area contributed by atoms with E-state index < -0.39 is 0 Å². The zero-order chi connectivity index (χ0) is 19.4. The van der Waals surface area contributed by atoms with Crippen LogP contribution in [0.1, 0.15) is 20.8 Å². The lowest BCUT2D eigenvalue weighted by Gasteiger charge is -2.21. The number of amides is 2. The van der Waals surface area contributed by atoms with E-state index in [9.17, 15) is 9.59 Å². The number of ether oxygens (including phenoxy) is 1. The summed E-state index contributed by atoms with van der Waals surface area (Å²) in [6.45, 7) is 6.78. The second-order valence-corrected chi connectivity index (χ2v) is 7.05. The van der Waals surface area contributed by atoms with Gasteiger partial charge >= 0.3 is 0 Å². The minimum absolute atomic E-state index is 0.0189. The van der Waals surface area contributed by atoms with Crippen molar-refractivity contribution in [1.82, 2.24) is 30.4 Å². The molecule has 2 aromatic rings. The van der Waals surface area contributed by atoms with Crippen molar-refractivity contribution in [1.29, 1.82) is 0 Å². The fourth-order valence-electron chi connectivity index (χ4n) is 3.35. The Morgan fingerprint density at radius 1 is 1.33 bits per heavy atom. The summed E-state index contributed by atoms with van der Waals surface area (Å²) in [6.07, 6.45) is 1.49. The van der Waals surface area contributed by atoms with Gasteiger partial charge in [-0.05, 0) is 28.5 Å². The maximum absolute atomic E-state index is 12.6. The second-order valence-electron chi connectivity index (χ2n) is 7.05. The third-order valence-corrected chi connectivity index (χ3v) is 4.76. The number of hydrogen-bond donors (Lipinski definition) is 1. The standard InChI is InChI=1S/C18H24N6O3/c1-12(2)16-8-23(9-17(16)20-13(3)25)18(26)10-27-15-6-4-5-14(7-15)24-11-19-21-22-24/h4-7,11-12,16-17H,8-10H2,1-3H3,(H,20,25)/t16-,17+/m0/s1. The van der Waals surface area contributed by atoms with Gasteiger partial charge in [-0.1, -0.05) is 19.9 Å². The monoisotopic (exact) mass is 372 g/mol. The highest BCUT2D eigenvalue weighted by Gasteiger charge is 2.37. The molecule has 0 radical (unpaired) electrons. The third kappa shape index (κ3) is 4.60. The minimum Gasteiger partial charge on any atom is -0.484 e. The minimum atomic E-state index is -0.0960. The summed E-state index contributed by atoms with van der Waals surface area (Å²) in [5.41, 5.74) is 0.747. The predicted molar refractivity (Wildman–Crippen MR) is 97.2 cm³/mol. The third-order valence-electron chi connectivity index (χ3n) is 4.76. The molecule has 0 bridgehead atoms. The van der Waals surface area contributed by atoms with E-state index in [1.54, 1.807) is 17.0 Å². The van der Waals surface area contributed by atoms with Gasteiger partial charge in [-0.2, -0.15) is 0 Å². The predicted octanol–water partition coefficient (Wildman–Crippen LogP) is 0.660. The molecular formula is C18H24N6O3. The first-order valence-corrected chi connectivity index (χ1v) is 8.95. The lowest BCUT2D eigenvalue weighted by Crippen LogP contribution is -2.41. The summed E-state index contributed by atoms with van der Waals surface area (Å²) in [7, 11) is 0. The molecule has 2 amide bonds. The van der Waals surface area contributed by atoms with E-state index in [1.807, 2.05) is 12.1 Å². The molecule has 1 aliphatic rings. The van der Waals surface area contributed by atoms with Gasteiger partial charge in [0.1, 0.15) is 12.1 Å². The van der Waals surface area contributed by atoms with Crippen molar-refractivity contribution in [2.24, 2.45) is 11.8 Å². The van der Waals surface area contributed by atoms with Gasteiger partial charge in [0, 0.05) is 32.0 Å². The first kappa shape index (κ1) is 18.8. The zero-order valence-electron chi connectivity index (χ0n) is 15.7. The molecule has 0 unspecified atom stereocenters. The molecule has 9 nitrogen and oxygen atoms in total. The molecule has 1 fully saturated rings. The van der Waals surface area contributed by atoms with Gasteiger partial charge in [0.2, 0.25) is 5.91 Å². The van der Waals surface area contributed by atoms with Crippen molar-refractivity contribution in [3.05, 3.63) is 30.6 Å². The maximum Gasteiger partial charge on any atom is 0.260 e. The second kappa shape index (κ2) is 8.15. The van der Waals surface area contributed by atoms with Gasteiger partial charge in [-0.15, -0.1) is 5.10 Å². The molecule has 9 heteroatoms. The fraction of sp³-hybridized carbons (Fsp3) is 0.500. The number of nitrogens with zero attached hydrogens (tertiary/aromatic N) is 5. The highest BCUT2D eigenvalue weighted by atomic mass is 16.5. The lowest BCUT2D eigenvalue weighted by molar-refractivity contribution is -0.132. The molecular weight excluding hydrogens is 348 g/mol. The number of aromatic nitrogens is 4. The number of nitrogens with one attached hydrogen (secondary N) is 1. The quantitative estimate of drug-likeness (QED) is 0.799. The number of carbonyl (C=O) groups excluding carboxylic acids is 2. The van der Waals surface area contributed by atoms with Crippen molar-refractivity contribution in [2.75, 3.05) is 19.7 Å². The van der Waals surface area contributed by atoms with Crippen LogP contribution in [0.15, 0.2) is 30.6 Å². The Bertz CT molecular complexity index is 792. The Balaban J connectivity index is 1.59. The molecule has 27 heavy (non-hydrogen) atoms. The summed E-state index contributed by atoms with van der Waals surface area (Å²) in [6, 6.07) is 7.19. The average molecular weight is 372 g/mol. The summed E-state index contributed by atoms with van der Waals surface area (Å²) in [5, 5.41) is 14.0. The van der Waals surface area contributed by atoms with E-state index in [-0.39, 0.29) is 30.4 Å². The first-order chi connectivity index (χ1) is 12.9. The van der Waals surface area contributed by atoms with Crippen LogP contribution in [0.25, 0.3) is 5.69 Å². The molecule has 1 N–H and O–H groups in total. The van der Waals surface area contributed by atoms with Crippen LogP contribution in [0, 0.1) is 11.8 Å². The number of benzene rings is 1. The Hall–Kier alpha value is -2.97. The summed E-state index contributed by atoms with van der Waals surface area (Å²) < 4.78 is 7.18. The summed E-state index contributed by atoms with van der Waals surface area (Å²) >= 11 is 0. The van der Waals surface area contributed by atoms with E-state index in [0.717, 1.165) is 5.69 Å². The van der Waals surface area contributed by atoms with Crippen molar-refractivity contribution >= 4 is 11.8 Å². The van der Waals surface area contributed by atoms with Crippen molar-refractivity contribution in [3.63, 3.8) is 0 Å². The highest BCUT2D eigenvalue weighted by Crippen LogP contribution is 2.25. The van der Waals surface area contributed by atoms with E-state index >= 15 is 0 Å². The van der Waals surface area contributed by atoms with Crippen LogP contribution in [0.5, 0.6) is 5.75 Å². The lowest BCUT2D eigenvalue weighted by atomic mass is 9.91. The number of carbonyl (C=O) groups is 2. The van der Waals surface area contributed by atoms with Crippen molar-refractivity contribution in [3.8, 4) is 11.4 Å². The van der Waals surface area contributed by atoms with Gasteiger partial charge in [0.25, 0.3) is 5.91 Å². The smallest absolute Gasteiger partial charge is 0.260 e. The van der Waals surface area contributed by atoms with Gasteiger partial charge in [-0.25, -0.2) is 4.68 Å². The van der Waals surface area contributed by atoms with Crippen LogP contribution in [-0.2, 0) is 9.59 Å². The van der Waals surface area contributed by atoms with Gasteiger partial charge in [0.05, 0.1) is 11.7 Å². The molecule has 1 saturated heterocycles. The van der Waals surface area contributed by atoms with E-state index in [2.05, 4.69) is 34.7 Å². The molecule has 0 spiro atoms. The normalized spacial score (nSPS) is 19.3. The summed E-state index contributed by atoms with van der Waals surface area (Å²) in [5.74, 6) is 1.00. The van der Waals surface area contributed by atoms with E-state index in [4.69, 9.17) is 4.74 Å². The Morgan fingerprint density at radius 2 is 2.15 bits per heavy atom. The van der Waals surface area contributed by atoms with Crippen LogP contribution in [0.4, 0.5) is 0 Å². The van der Waals surface area contributed by atoms with Crippen LogP contribution >= 0.6 is 0 Å². The number of rotatable bonds is 6. The molecule has 0 aliphatic carbocycles. The Morgan fingerprint density at radius 3 is 2.81 bits per heavy atom. The van der Waals surface area contributed by atoms with E-state index in [1.165, 1.54) is 17.9 Å². The molecule has 144 valence electrons. The van der Waals surface area contributed by atoms with Gasteiger partial charge in [-0.3, -0.25) is 9.59 Å². The molecule has 1 aromatic heterocycles. The van der Waals surface area contributed by atoms with Gasteiger partial charge < -0.3 is 15.0 Å². The Kier molecular flexibility index (Phi) is 5.68. The van der Waals surface area contributed by atoms with Gasteiger partial charge in [0.15, 0.2) is 6.61 Å². The molecule has 1 aliphatic heterocycles. The van der Waals surface area contributed by atoms with Crippen LogP contribution in [0.3, 0.4) is 0 Å². The van der Waals surface area contributed by atoms with Crippen LogP contribution in [-0.4, -0.2) is 62.7 Å². The summed E-state index contributed by atoms with van der Waals surface area (Å²) in [4.78, 5) is 25.8. The van der Waals surface area contributed by atoms with Crippen LogP contribution < -0.4 is 10.1 Å². The number of tetrazole rings is 1.